The highest BCUT2D eigenvalue weighted by atomic mass is 32.1. The van der Waals surface area contributed by atoms with Gasteiger partial charge in [-0.1, -0.05) is 0 Å². The summed E-state index contributed by atoms with van der Waals surface area (Å²) in [5.74, 6) is 1.31. The highest BCUT2D eigenvalue weighted by Gasteiger charge is 2.33. The van der Waals surface area contributed by atoms with Gasteiger partial charge in [0.25, 0.3) is 5.91 Å². The van der Waals surface area contributed by atoms with Crippen molar-refractivity contribution in [1.29, 1.82) is 0 Å². The number of nitrogens with zero attached hydrogens (tertiary/aromatic N) is 1. The molecule has 24 heavy (non-hydrogen) atoms. The van der Waals surface area contributed by atoms with Gasteiger partial charge < -0.3 is 19.5 Å². The normalized spacial score (nSPS) is 22.7. The van der Waals surface area contributed by atoms with Crippen LogP contribution in [0.15, 0.2) is 29.6 Å². The predicted octanol–water partition coefficient (Wildman–Crippen LogP) is 2.78. The number of aliphatic hydroxyl groups excluding tert-OH is 1. The molecule has 1 saturated heterocycles. The number of β-amino-alcohol motifs (C(OH)–C–C–N with tert-alkyl or cyclic N) is 1. The molecule has 1 aromatic heterocycles. The molecule has 1 N–H and O–H groups in total. The van der Waals surface area contributed by atoms with Crippen LogP contribution in [0.25, 0.3) is 0 Å². The number of carbonyl (C=O) groups excluding carboxylic acids is 1. The molecule has 4 rings (SSSR count). The molecule has 1 aromatic carbocycles. The molecule has 2 atom stereocenters. The average Bonchev–Trinajstić information content (AvgIpc) is 3.22. The van der Waals surface area contributed by atoms with E-state index in [9.17, 15) is 9.90 Å². The first-order valence-electron chi connectivity index (χ1n) is 8.04. The molecule has 1 amide bonds. The van der Waals surface area contributed by atoms with Gasteiger partial charge in [-0.25, -0.2) is 0 Å². The van der Waals surface area contributed by atoms with Crippen LogP contribution in [-0.4, -0.2) is 41.9 Å². The van der Waals surface area contributed by atoms with Crippen molar-refractivity contribution < 1.29 is 19.4 Å². The Labute approximate surface area is 144 Å². The number of aliphatic hydroxyl groups is 1. The average molecular weight is 345 g/mol. The fourth-order valence-corrected chi connectivity index (χ4v) is 4.52. The first-order valence-corrected chi connectivity index (χ1v) is 8.92. The van der Waals surface area contributed by atoms with E-state index in [-0.39, 0.29) is 18.6 Å². The van der Waals surface area contributed by atoms with Gasteiger partial charge in [-0.15, -0.1) is 11.3 Å². The lowest BCUT2D eigenvalue weighted by atomic mass is 9.90. The van der Waals surface area contributed by atoms with Crippen LogP contribution in [0.5, 0.6) is 11.5 Å². The van der Waals surface area contributed by atoms with Gasteiger partial charge in [-0.05, 0) is 48.6 Å². The highest BCUT2D eigenvalue weighted by Crippen LogP contribution is 2.36. The van der Waals surface area contributed by atoms with E-state index in [1.165, 1.54) is 10.4 Å². The second-order valence-electron chi connectivity index (χ2n) is 6.25. The van der Waals surface area contributed by atoms with Crippen molar-refractivity contribution >= 4 is 17.2 Å². The van der Waals surface area contributed by atoms with Crippen LogP contribution in [0.3, 0.4) is 0 Å². The Kier molecular flexibility index (Phi) is 3.94. The second kappa shape index (κ2) is 6.11. The molecule has 3 heterocycles. The van der Waals surface area contributed by atoms with Crippen molar-refractivity contribution in [3.05, 3.63) is 45.6 Å². The molecule has 0 bridgehead atoms. The van der Waals surface area contributed by atoms with Crippen molar-refractivity contribution in [3.63, 3.8) is 0 Å². The summed E-state index contributed by atoms with van der Waals surface area (Å²) < 4.78 is 10.6. The molecule has 0 unspecified atom stereocenters. The molecular weight excluding hydrogens is 326 g/mol. The molecule has 126 valence electrons. The van der Waals surface area contributed by atoms with E-state index in [0.717, 1.165) is 6.42 Å². The fourth-order valence-electron chi connectivity index (χ4n) is 3.40. The molecule has 2 aliphatic heterocycles. The van der Waals surface area contributed by atoms with Gasteiger partial charge in [-0.3, -0.25) is 4.79 Å². The van der Waals surface area contributed by atoms with Crippen LogP contribution < -0.4 is 9.47 Å². The monoisotopic (exact) mass is 345 g/mol. The summed E-state index contributed by atoms with van der Waals surface area (Å²) in [6.45, 7) is 3.27. The summed E-state index contributed by atoms with van der Waals surface area (Å²) in [5, 5.41) is 12.6. The van der Waals surface area contributed by atoms with Crippen LogP contribution in [0, 0.1) is 6.92 Å². The highest BCUT2D eigenvalue weighted by molar-refractivity contribution is 7.10. The van der Waals surface area contributed by atoms with Crippen LogP contribution in [0.2, 0.25) is 0 Å². The van der Waals surface area contributed by atoms with E-state index < -0.39 is 6.10 Å². The minimum atomic E-state index is -0.533. The summed E-state index contributed by atoms with van der Waals surface area (Å²) in [7, 11) is 0. The molecule has 5 nitrogen and oxygen atoms in total. The number of piperidine rings is 1. The maximum absolute atomic E-state index is 12.7. The Hall–Kier alpha value is -2.05. The minimum absolute atomic E-state index is 0.0753. The molecule has 2 aliphatic rings. The zero-order chi connectivity index (χ0) is 16.7. The quantitative estimate of drug-likeness (QED) is 0.909. The summed E-state index contributed by atoms with van der Waals surface area (Å²) >= 11 is 1.69. The number of rotatable bonds is 2. The Bertz CT molecular complexity index is 772. The zero-order valence-electron chi connectivity index (χ0n) is 13.4. The Morgan fingerprint density at radius 2 is 2.12 bits per heavy atom. The number of amides is 1. The topological polar surface area (TPSA) is 59.0 Å². The Morgan fingerprint density at radius 3 is 2.88 bits per heavy atom. The number of aryl methyl sites for hydroxylation is 1. The summed E-state index contributed by atoms with van der Waals surface area (Å²) in [6.07, 6.45) is 0.243. The summed E-state index contributed by atoms with van der Waals surface area (Å²) in [5.41, 5.74) is 1.79. The Morgan fingerprint density at radius 1 is 1.29 bits per heavy atom. The number of carbonyl (C=O) groups is 1. The second-order valence-corrected chi connectivity index (χ2v) is 7.20. The van der Waals surface area contributed by atoms with Crippen LogP contribution in [-0.2, 0) is 0 Å². The lowest BCUT2D eigenvalue weighted by Gasteiger charge is -2.36. The van der Waals surface area contributed by atoms with E-state index >= 15 is 0 Å². The smallest absolute Gasteiger partial charge is 0.254 e. The van der Waals surface area contributed by atoms with Gasteiger partial charge in [0.05, 0.1) is 6.10 Å². The minimum Gasteiger partial charge on any atom is -0.454 e. The third-order valence-corrected chi connectivity index (χ3v) is 5.88. The lowest BCUT2D eigenvalue weighted by molar-refractivity contribution is 0.0386. The summed E-state index contributed by atoms with van der Waals surface area (Å²) in [4.78, 5) is 15.7. The number of thiophene rings is 1. The SMILES string of the molecule is Cc1ccsc1[C@@H]1CCN(C(=O)c2ccc3c(c2)OCO3)C[C@H]1O. The van der Waals surface area contributed by atoms with E-state index in [0.29, 0.717) is 30.2 Å². The largest absolute Gasteiger partial charge is 0.454 e. The lowest BCUT2D eigenvalue weighted by Crippen LogP contribution is -2.45. The first-order chi connectivity index (χ1) is 11.6. The molecule has 0 saturated carbocycles. The van der Waals surface area contributed by atoms with Gasteiger partial charge in [0.15, 0.2) is 11.5 Å². The zero-order valence-corrected chi connectivity index (χ0v) is 14.2. The van der Waals surface area contributed by atoms with Crippen molar-refractivity contribution in [2.45, 2.75) is 25.4 Å². The maximum Gasteiger partial charge on any atom is 0.254 e. The van der Waals surface area contributed by atoms with Gasteiger partial charge in [0, 0.05) is 29.4 Å². The van der Waals surface area contributed by atoms with Crippen LogP contribution in [0.4, 0.5) is 0 Å². The number of likely N-dealkylation sites (tertiary alicyclic amines) is 1. The summed E-state index contributed by atoms with van der Waals surface area (Å²) in [6, 6.07) is 7.30. The number of fused-ring (bicyclic) bond motifs is 1. The van der Waals surface area contributed by atoms with Crippen LogP contribution >= 0.6 is 11.3 Å². The first kappa shape index (κ1) is 15.5. The van der Waals surface area contributed by atoms with Crippen LogP contribution in [0.1, 0.15) is 33.1 Å². The molecule has 0 aliphatic carbocycles. The van der Waals surface area contributed by atoms with Gasteiger partial charge >= 0.3 is 0 Å². The molecule has 1 fully saturated rings. The van der Waals surface area contributed by atoms with E-state index in [2.05, 4.69) is 18.4 Å². The maximum atomic E-state index is 12.7. The molecule has 0 radical (unpaired) electrons. The molecule has 2 aromatic rings. The molecule has 0 spiro atoms. The van der Waals surface area contributed by atoms with Crippen molar-refractivity contribution in [2.24, 2.45) is 0 Å². The predicted molar refractivity (Wildman–Crippen MR) is 90.9 cm³/mol. The van der Waals surface area contributed by atoms with Crippen molar-refractivity contribution in [1.82, 2.24) is 4.90 Å². The van der Waals surface area contributed by atoms with Crippen molar-refractivity contribution in [3.8, 4) is 11.5 Å². The van der Waals surface area contributed by atoms with E-state index in [4.69, 9.17) is 9.47 Å². The fraction of sp³-hybridized carbons (Fsp3) is 0.389. The molecule has 6 heteroatoms. The van der Waals surface area contributed by atoms with Gasteiger partial charge in [0.1, 0.15) is 0 Å². The number of ether oxygens (including phenoxy) is 2. The third-order valence-electron chi connectivity index (χ3n) is 4.73. The van der Waals surface area contributed by atoms with Crippen molar-refractivity contribution in [2.75, 3.05) is 19.9 Å². The standard InChI is InChI=1S/C18H19NO4S/c1-11-5-7-24-17(11)13-4-6-19(9-14(13)20)18(21)12-2-3-15-16(8-12)23-10-22-15/h2-3,5,7-8,13-14,20H,4,6,9-10H2,1H3/t13-,14-/m1/s1. The Balaban J connectivity index is 1.48. The van der Waals surface area contributed by atoms with E-state index in [1.54, 1.807) is 34.4 Å². The van der Waals surface area contributed by atoms with E-state index in [1.807, 2.05) is 0 Å². The van der Waals surface area contributed by atoms with Gasteiger partial charge in [-0.2, -0.15) is 0 Å². The number of hydrogen-bond acceptors (Lipinski definition) is 5. The third kappa shape index (κ3) is 2.65. The number of hydrogen-bond donors (Lipinski definition) is 1. The molecular formula is C18H19NO4S. The van der Waals surface area contributed by atoms with Gasteiger partial charge in [0.2, 0.25) is 6.79 Å². The number of benzene rings is 1.